The van der Waals surface area contributed by atoms with Gasteiger partial charge in [0.25, 0.3) is 0 Å². The SMILES string of the molecule is Cc1ccc(C(C)C)cc1OCn1nc(C)c(N)c1C. The van der Waals surface area contributed by atoms with E-state index in [0.29, 0.717) is 12.6 Å². The third-order valence-corrected chi connectivity index (χ3v) is 3.66. The number of anilines is 1. The first-order valence-electron chi connectivity index (χ1n) is 6.93. The summed E-state index contributed by atoms with van der Waals surface area (Å²) < 4.78 is 7.71. The largest absolute Gasteiger partial charge is 0.471 e. The molecule has 0 bridgehead atoms. The Labute approximate surface area is 120 Å². The van der Waals surface area contributed by atoms with Gasteiger partial charge in [0.05, 0.1) is 17.1 Å². The molecule has 0 spiro atoms. The molecule has 4 heteroatoms. The van der Waals surface area contributed by atoms with Crippen LogP contribution in [0.15, 0.2) is 18.2 Å². The van der Waals surface area contributed by atoms with Crippen molar-refractivity contribution in [2.45, 2.75) is 47.3 Å². The van der Waals surface area contributed by atoms with Gasteiger partial charge in [0.2, 0.25) is 0 Å². The van der Waals surface area contributed by atoms with Gasteiger partial charge in [0.1, 0.15) is 5.75 Å². The first-order chi connectivity index (χ1) is 9.40. The molecule has 0 radical (unpaired) electrons. The number of ether oxygens (including phenoxy) is 1. The molecule has 0 aliphatic heterocycles. The van der Waals surface area contributed by atoms with E-state index in [1.54, 1.807) is 4.68 Å². The highest BCUT2D eigenvalue weighted by Crippen LogP contribution is 2.25. The van der Waals surface area contributed by atoms with E-state index in [1.165, 1.54) is 5.56 Å². The molecule has 20 heavy (non-hydrogen) atoms. The van der Waals surface area contributed by atoms with Crippen molar-refractivity contribution in [3.8, 4) is 5.75 Å². The predicted octanol–water partition coefficient (Wildman–Crippen LogP) is 3.55. The minimum atomic E-state index is 0.381. The summed E-state index contributed by atoms with van der Waals surface area (Å²) in [5, 5.41) is 4.38. The van der Waals surface area contributed by atoms with E-state index in [1.807, 2.05) is 13.8 Å². The molecule has 2 N–H and O–H groups in total. The first-order valence-corrected chi connectivity index (χ1v) is 6.93. The summed E-state index contributed by atoms with van der Waals surface area (Å²) in [5.41, 5.74) is 10.9. The molecule has 1 aromatic carbocycles. The molecule has 0 saturated carbocycles. The molecule has 2 rings (SSSR count). The summed E-state index contributed by atoms with van der Waals surface area (Å²) >= 11 is 0. The van der Waals surface area contributed by atoms with Crippen LogP contribution in [0.1, 0.15) is 42.3 Å². The number of rotatable bonds is 4. The van der Waals surface area contributed by atoms with Gasteiger partial charge >= 0.3 is 0 Å². The first kappa shape index (κ1) is 14.4. The normalized spacial score (nSPS) is 11.1. The molecule has 1 heterocycles. The number of nitrogen functional groups attached to an aromatic ring is 1. The van der Waals surface area contributed by atoms with Crippen LogP contribution in [0.2, 0.25) is 0 Å². The van der Waals surface area contributed by atoms with Gasteiger partial charge in [-0.2, -0.15) is 5.10 Å². The monoisotopic (exact) mass is 273 g/mol. The van der Waals surface area contributed by atoms with Gasteiger partial charge < -0.3 is 10.5 Å². The lowest BCUT2D eigenvalue weighted by atomic mass is 10.0. The molecule has 4 nitrogen and oxygen atoms in total. The number of hydrogen-bond acceptors (Lipinski definition) is 3. The van der Waals surface area contributed by atoms with E-state index >= 15 is 0 Å². The van der Waals surface area contributed by atoms with Crippen LogP contribution in [-0.4, -0.2) is 9.78 Å². The van der Waals surface area contributed by atoms with E-state index in [4.69, 9.17) is 10.5 Å². The van der Waals surface area contributed by atoms with Crippen LogP contribution in [0, 0.1) is 20.8 Å². The van der Waals surface area contributed by atoms with Crippen molar-refractivity contribution in [1.29, 1.82) is 0 Å². The Bertz CT molecular complexity index is 614. The second-order valence-electron chi connectivity index (χ2n) is 5.54. The molecule has 0 amide bonds. The maximum Gasteiger partial charge on any atom is 0.181 e. The summed E-state index contributed by atoms with van der Waals surface area (Å²) in [7, 11) is 0. The Kier molecular flexibility index (Phi) is 4.02. The minimum absolute atomic E-state index is 0.381. The Balaban J connectivity index is 2.18. The van der Waals surface area contributed by atoms with Crippen LogP contribution in [0.3, 0.4) is 0 Å². The van der Waals surface area contributed by atoms with Gasteiger partial charge in [-0.1, -0.05) is 26.0 Å². The van der Waals surface area contributed by atoms with E-state index in [2.05, 4.69) is 44.1 Å². The zero-order valence-electron chi connectivity index (χ0n) is 12.9. The number of aromatic nitrogens is 2. The second kappa shape index (κ2) is 5.57. The van der Waals surface area contributed by atoms with Crippen LogP contribution < -0.4 is 10.5 Å². The summed E-state index contributed by atoms with van der Waals surface area (Å²) in [4.78, 5) is 0. The summed E-state index contributed by atoms with van der Waals surface area (Å²) in [6.45, 7) is 10.6. The van der Waals surface area contributed by atoms with Gasteiger partial charge in [-0.15, -0.1) is 0 Å². The van der Waals surface area contributed by atoms with Gasteiger partial charge in [0.15, 0.2) is 6.73 Å². The Hall–Kier alpha value is -1.97. The van der Waals surface area contributed by atoms with Crippen LogP contribution >= 0.6 is 0 Å². The lowest BCUT2D eigenvalue weighted by Gasteiger charge is -2.13. The van der Waals surface area contributed by atoms with Gasteiger partial charge in [-0.25, -0.2) is 4.68 Å². The number of hydrogen-bond donors (Lipinski definition) is 1. The highest BCUT2D eigenvalue weighted by Gasteiger charge is 2.09. The van der Waals surface area contributed by atoms with Crippen LogP contribution in [0.4, 0.5) is 5.69 Å². The molecule has 1 aromatic heterocycles. The van der Waals surface area contributed by atoms with Crippen LogP contribution in [0.25, 0.3) is 0 Å². The lowest BCUT2D eigenvalue weighted by molar-refractivity contribution is 0.216. The van der Waals surface area contributed by atoms with Crippen molar-refractivity contribution >= 4 is 5.69 Å². The molecule has 0 atom stereocenters. The number of aryl methyl sites for hydroxylation is 2. The third kappa shape index (κ3) is 2.79. The second-order valence-corrected chi connectivity index (χ2v) is 5.54. The predicted molar refractivity (Wildman–Crippen MR) is 82.0 cm³/mol. The van der Waals surface area contributed by atoms with Gasteiger partial charge in [-0.3, -0.25) is 0 Å². The average molecular weight is 273 g/mol. The zero-order valence-corrected chi connectivity index (χ0v) is 12.9. The third-order valence-electron chi connectivity index (χ3n) is 3.66. The smallest absolute Gasteiger partial charge is 0.181 e. The maximum absolute atomic E-state index is 5.93. The van der Waals surface area contributed by atoms with Crippen LogP contribution in [0.5, 0.6) is 5.75 Å². The molecule has 0 fully saturated rings. The fourth-order valence-corrected chi connectivity index (χ4v) is 2.10. The molecule has 0 aliphatic rings. The van der Waals surface area contributed by atoms with E-state index in [-0.39, 0.29) is 0 Å². The van der Waals surface area contributed by atoms with Crippen molar-refractivity contribution in [3.05, 3.63) is 40.7 Å². The number of benzene rings is 1. The molecule has 0 aliphatic carbocycles. The highest BCUT2D eigenvalue weighted by molar-refractivity contribution is 5.46. The van der Waals surface area contributed by atoms with E-state index < -0.39 is 0 Å². The van der Waals surface area contributed by atoms with Crippen LogP contribution in [-0.2, 0) is 6.73 Å². The number of nitrogens with two attached hydrogens (primary N) is 1. The molecule has 2 aromatic rings. The standard InChI is InChI=1S/C16H23N3O/c1-10(2)14-7-6-11(3)15(8-14)20-9-19-13(5)16(17)12(4)18-19/h6-8,10H,9,17H2,1-5H3. The zero-order chi connectivity index (χ0) is 14.9. The summed E-state index contributed by atoms with van der Waals surface area (Å²) in [6.07, 6.45) is 0. The minimum Gasteiger partial charge on any atom is -0.471 e. The van der Waals surface area contributed by atoms with Crippen molar-refractivity contribution in [2.24, 2.45) is 0 Å². The highest BCUT2D eigenvalue weighted by atomic mass is 16.5. The maximum atomic E-state index is 5.93. The van der Waals surface area contributed by atoms with Crippen molar-refractivity contribution in [2.75, 3.05) is 5.73 Å². The van der Waals surface area contributed by atoms with Gasteiger partial charge in [-0.05, 0) is 43.9 Å². The summed E-state index contributed by atoms with van der Waals surface area (Å²) in [6, 6.07) is 6.35. The average Bonchev–Trinajstić information content (AvgIpc) is 2.65. The lowest BCUT2D eigenvalue weighted by Crippen LogP contribution is -2.09. The molecular formula is C16H23N3O. The Morgan fingerprint density at radius 2 is 1.95 bits per heavy atom. The molecule has 0 unspecified atom stereocenters. The Morgan fingerprint density at radius 3 is 2.50 bits per heavy atom. The fraction of sp³-hybridized carbons (Fsp3) is 0.438. The Morgan fingerprint density at radius 1 is 1.25 bits per heavy atom. The van der Waals surface area contributed by atoms with Gasteiger partial charge in [0, 0.05) is 0 Å². The van der Waals surface area contributed by atoms with E-state index in [9.17, 15) is 0 Å². The van der Waals surface area contributed by atoms with E-state index in [0.717, 1.165) is 28.4 Å². The quantitative estimate of drug-likeness (QED) is 0.926. The topological polar surface area (TPSA) is 53.1 Å². The molecular weight excluding hydrogens is 250 g/mol. The fourth-order valence-electron chi connectivity index (χ4n) is 2.10. The van der Waals surface area contributed by atoms with Crippen molar-refractivity contribution in [3.63, 3.8) is 0 Å². The summed E-state index contributed by atoms with van der Waals surface area (Å²) in [5.74, 6) is 1.39. The van der Waals surface area contributed by atoms with Crippen molar-refractivity contribution < 1.29 is 4.74 Å². The van der Waals surface area contributed by atoms with Crippen molar-refractivity contribution in [1.82, 2.24) is 9.78 Å². The number of nitrogens with zero attached hydrogens (tertiary/aromatic N) is 2. The molecule has 0 saturated heterocycles. The molecule has 108 valence electrons.